The Kier molecular flexibility index (Phi) is 26.6. The van der Waals surface area contributed by atoms with Crippen molar-refractivity contribution in [1.82, 2.24) is 52.8 Å². The number of hydrogen-bond acceptors (Lipinski definition) is 15. The largest absolute Gasteiger partial charge is 0.394 e. The van der Waals surface area contributed by atoms with E-state index in [2.05, 4.69) is 58.5 Å². The maximum Gasteiger partial charge on any atom is 0.252 e. The van der Waals surface area contributed by atoms with E-state index in [1.54, 1.807) is 86.6 Å². The van der Waals surface area contributed by atoms with E-state index in [1.165, 1.54) is 49.9 Å². The van der Waals surface area contributed by atoms with Crippen molar-refractivity contribution in [2.24, 2.45) is 17.6 Å². The minimum Gasteiger partial charge on any atom is -0.394 e. The molecule has 13 amide bonds. The zero-order valence-corrected chi connectivity index (χ0v) is 51.0. The number of amides is 13. The first kappa shape index (κ1) is 70.7. The molecule has 0 bridgehead atoms. The first-order valence-corrected chi connectivity index (χ1v) is 29.1. The Morgan fingerprint density at radius 3 is 1.48 bits per heavy atom. The third kappa shape index (κ3) is 21.6. The first-order valence-electron chi connectivity index (χ1n) is 29.1. The molecule has 15 N–H and O–H groups in total. The Morgan fingerprint density at radius 1 is 0.522 bits per heavy atom. The van der Waals surface area contributed by atoms with Gasteiger partial charge < -0.3 is 79.3 Å². The van der Waals surface area contributed by atoms with Gasteiger partial charge in [0.1, 0.15) is 36.3 Å². The van der Waals surface area contributed by atoms with Crippen molar-refractivity contribution in [3.63, 3.8) is 0 Å². The fourth-order valence-electron chi connectivity index (χ4n) is 9.25. The van der Waals surface area contributed by atoms with Crippen molar-refractivity contribution in [1.29, 1.82) is 0 Å². The van der Waals surface area contributed by atoms with Crippen molar-refractivity contribution in [3.8, 4) is 22.3 Å². The van der Waals surface area contributed by atoms with Gasteiger partial charge in [0.2, 0.25) is 65.0 Å². The summed E-state index contributed by atoms with van der Waals surface area (Å²) in [6.07, 6.45) is -0.254. The van der Waals surface area contributed by atoms with Crippen LogP contribution in [0.3, 0.4) is 0 Å². The fraction of sp³-hybridized carbons (Fsp3) is 0.403. The zero-order chi connectivity index (χ0) is 66.4. The number of anilines is 2. The fourth-order valence-corrected chi connectivity index (χ4v) is 9.25. The Hall–Kier alpha value is -10.1. The molecule has 482 valence electrons. The molecule has 28 nitrogen and oxygen atoms in total. The lowest BCUT2D eigenvalue weighted by atomic mass is 10.0. The molecule has 1 heterocycles. The third-order valence-corrected chi connectivity index (χ3v) is 14.1. The highest BCUT2D eigenvalue weighted by Crippen LogP contribution is 2.25. The molecule has 0 unspecified atom stereocenters. The predicted octanol–water partition coefficient (Wildman–Crippen LogP) is -0.695. The number of carbonyl (C=O) groups is 13. The van der Waals surface area contributed by atoms with Gasteiger partial charge in [-0.2, -0.15) is 0 Å². The first-order chi connectivity index (χ1) is 42.6. The summed E-state index contributed by atoms with van der Waals surface area (Å²) < 4.78 is 0. The van der Waals surface area contributed by atoms with Crippen LogP contribution in [0.15, 0.2) is 97.1 Å². The molecule has 5 rings (SSSR count). The molecule has 1 aliphatic rings. The summed E-state index contributed by atoms with van der Waals surface area (Å²) in [5.74, 6) is -8.82. The summed E-state index contributed by atoms with van der Waals surface area (Å²) in [6, 6.07) is 19.3. The van der Waals surface area contributed by atoms with Crippen molar-refractivity contribution in [2.75, 3.05) is 50.0 Å². The summed E-state index contributed by atoms with van der Waals surface area (Å²) in [7, 11) is 0. The lowest BCUT2D eigenvalue weighted by molar-refractivity contribution is -0.140. The second kappa shape index (κ2) is 33.9. The highest BCUT2D eigenvalue weighted by atomic mass is 16.3. The monoisotopic (exact) mass is 1250 g/mol. The lowest BCUT2D eigenvalue weighted by Gasteiger charge is -2.28. The standard InChI is InChI=1S/C62H79N13O15/c1-33(2)27-46(71-51(81)29-64-37(7)78)59(87)70-45-24-20-41(21-25-45)38-10-14-42(15-11-38)56(84)72-47(32-76)58(86)67-31-52(82)75-26-8-9-48(75)60(88)73-53(34(3)4)61(89)66-30-50(80)68-35(5)55(83)69-44-22-18-40(19-23-44)39-12-16-43(17-13-39)57(85)74-54(36(6)77)62(90)65-28-49(63)79/h10-25,33-36,46-48,53-54,76-77H,8-9,26-32H2,1-7H3,(H2,63,79)(H,64,78)(H,65,90)(H,66,89)(H,67,86)(H,68,80)(H,69,83)(H,70,87)(H,71,81)(H,72,84)(H,73,88)(H,74,85)/t35-,36+,46-,47-,48-,53-,54-/m0/s1. The number of nitrogens with two attached hydrogens (primary N) is 1. The molecule has 0 spiro atoms. The third-order valence-electron chi connectivity index (χ3n) is 14.1. The number of nitrogens with zero attached hydrogens (tertiary/aromatic N) is 1. The Labute approximate surface area is 519 Å². The van der Waals surface area contributed by atoms with Gasteiger partial charge in [-0.3, -0.25) is 62.3 Å². The maximum absolute atomic E-state index is 13.7. The van der Waals surface area contributed by atoms with Crippen LogP contribution in [0.1, 0.15) is 88.4 Å². The summed E-state index contributed by atoms with van der Waals surface area (Å²) >= 11 is 0. The van der Waals surface area contributed by atoms with Gasteiger partial charge in [-0.15, -0.1) is 0 Å². The molecule has 0 saturated carbocycles. The summed E-state index contributed by atoms with van der Waals surface area (Å²) in [4.78, 5) is 167. The molecule has 90 heavy (non-hydrogen) atoms. The molecule has 0 aliphatic carbocycles. The van der Waals surface area contributed by atoms with E-state index >= 15 is 0 Å². The number of hydrogen-bond donors (Lipinski definition) is 14. The highest BCUT2D eigenvalue weighted by molar-refractivity contribution is 6.02. The quantitative estimate of drug-likeness (QED) is 0.0307. The average molecular weight is 1250 g/mol. The minimum absolute atomic E-state index is 0.0778. The molecule has 7 atom stereocenters. The van der Waals surface area contributed by atoms with Gasteiger partial charge >= 0.3 is 0 Å². The SMILES string of the molecule is CC(=O)NCC(=O)N[C@@H](CC(C)C)C(=O)Nc1ccc(-c2ccc(C(=O)N[C@@H](CO)C(=O)NCC(=O)N3CCC[C@H]3C(=O)N[C@H](C(=O)NCC(=O)N[C@@H](C)C(=O)Nc3ccc(-c4ccc(C(=O)N[C@H](C(=O)NCC(N)=O)[C@@H](C)O)cc4)cc3)C(C)C)cc2)cc1. The van der Waals surface area contributed by atoms with Crippen LogP contribution in [-0.2, 0) is 52.7 Å². The van der Waals surface area contributed by atoms with E-state index < -0.39 is 145 Å². The number of aliphatic hydroxyl groups is 2. The van der Waals surface area contributed by atoms with Crippen LogP contribution in [-0.4, -0.2) is 174 Å². The Bertz CT molecular complexity index is 3250. The normalized spacial score (nSPS) is 14.6. The van der Waals surface area contributed by atoms with E-state index in [9.17, 15) is 72.5 Å². The van der Waals surface area contributed by atoms with Gasteiger partial charge in [0.15, 0.2) is 0 Å². The van der Waals surface area contributed by atoms with Gasteiger partial charge in [0.05, 0.1) is 38.9 Å². The van der Waals surface area contributed by atoms with Crippen LogP contribution >= 0.6 is 0 Å². The second-order valence-electron chi connectivity index (χ2n) is 22.2. The van der Waals surface area contributed by atoms with Crippen LogP contribution in [0, 0.1) is 11.8 Å². The number of nitrogens with one attached hydrogen (secondary N) is 11. The zero-order valence-electron chi connectivity index (χ0n) is 51.0. The number of carbonyl (C=O) groups excluding carboxylic acids is 13. The van der Waals surface area contributed by atoms with Crippen molar-refractivity contribution in [3.05, 3.63) is 108 Å². The molecule has 0 radical (unpaired) electrons. The summed E-state index contributed by atoms with van der Waals surface area (Å²) in [5, 5.41) is 47.9. The number of benzene rings is 4. The smallest absolute Gasteiger partial charge is 0.252 e. The van der Waals surface area contributed by atoms with E-state index in [0.717, 1.165) is 5.56 Å². The van der Waals surface area contributed by atoms with Crippen LogP contribution in [0.2, 0.25) is 0 Å². The van der Waals surface area contributed by atoms with E-state index in [1.807, 2.05) is 13.8 Å². The predicted molar refractivity (Wildman–Crippen MR) is 330 cm³/mol. The molecule has 0 aromatic heterocycles. The van der Waals surface area contributed by atoms with Gasteiger partial charge in [-0.25, -0.2) is 0 Å². The van der Waals surface area contributed by atoms with E-state index in [4.69, 9.17) is 5.73 Å². The van der Waals surface area contributed by atoms with Gasteiger partial charge in [-0.1, -0.05) is 76.2 Å². The van der Waals surface area contributed by atoms with E-state index in [-0.39, 0.29) is 42.5 Å². The molecular formula is C62H79N13O15. The molecule has 1 fully saturated rings. The molecule has 4 aromatic rings. The molecule has 28 heteroatoms. The minimum atomic E-state index is -1.46. The Balaban J connectivity index is 1.04. The molecular weight excluding hydrogens is 1170 g/mol. The van der Waals surface area contributed by atoms with Crippen LogP contribution < -0.4 is 64.2 Å². The molecule has 1 aliphatic heterocycles. The topological polar surface area (TPSA) is 424 Å². The second-order valence-corrected chi connectivity index (χ2v) is 22.2. The average Bonchev–Trinajstić information content (AvgIpc) is 1.60. The summed E-state index contributed by atoms with van der Waals surface area (Å²) in [6.45, 7) is 8.64. The number of primary amides is 1. The lowest BCUT2D eigenvalue weighted by Crippen LogP contribution is -2.57. The van der Waals surface area contributed by atoms with Crippen molar-refractivity contribution >= 4 is 88.2 Å². The highest BCUT2D eigenvalue weighted by Gasteiger charge is 2.37. The van der Waals surface area contributed by atoms with Crippen LogP contribution in [0.5, 0.6) is 0 Å². The maximum atomic E-state index is 13.7. The van der Waals surface area contributed by atoms with Gasteiger partial charge in [0.25, 0.3) is 11.8 Å². The van der Waals surface area contributed by atoms with Gasteiger partial charge in [-0.05, 0) is 116 Å². The number of rotatable bonds is 30. The van der Waals surface area contributed by atoms with Crippen molar-refractivity contribution in [2.45, 2.75) is 110 Å². The summed E-state index contributed by atoms with van der Waals surface area (Å²) in [5.41, 5.74) is 9.10. The number of likely N-dealkylation sites (tertiary alicyclic amines) is 1. The number of aliphatic hydroxyl groups excluding tert-OH is 2. The Morgan fingerprint density at radius 2 is 0.989 bits per heavy atom. The molecule has 4 aromatic carbocycles. The van der Waals surface area contributed by atoms with Crippen molar-refractivity contribution < 1.29 is 72.5 Å². The van der Waals surface area contributed by atoms with Gasteiger partial charge in [0, 0.05) is 36.0 Å². The van der Waals surface area contributed by atoms with Crippen LogP contribution in [0.4, 0.5) is 11.4 Å². The molecule has 1 saturated heterocycles. The van der Waals surface area contributed by atoms with Crippen LogP contribution in [0.25, 0.3) is 22.3 Å². The van der Waals surface area contributed by atoms with E-state index in [0.29, 0.717) is 40.9 Å².